The molecule has 0 bridgehead atoms. The van der Waals surface area contributed by atoms with Crippen molar-refractivity contribution in [3.8, 4) is 0 Å². The van der Waals surface area contributed by atoms with E-state index >= 15 is 0 Å². The van der Waals surface area contributed by atoms with Crippen molar-refractivity contribution < 1.29 is 5.11 Å². The molecule has 0 saturated heterocycles. The second-order valence-electron chi connectivity index (χ2n) is 9.74. The molecule has 0 aromatic rings. The Morgan fingerprint density at radius 3 is 1.81 bits per heavy atom. The molecule has 1 N–H and O–H groups in total. The molecule has 1 atom stereocenters. The van der Waals surface area contributed by atoms with Gasteiger partial charge in [0.15, 0.2) is 0 Å². The predicted octanol–water partition coefficient (Wildman–Crippen LogP) is 5.73. The minimum atomic E-state index is -0.482. The van der Waals surface area contributed by atoms with Gasteiger partial charge in [-0.25, -0.2) is 0 Å². The molecule has 0 radical (unpaired) electrons. The lowest BCUT2D eigenvalue weighted by molar-refractivity contribution is -0.000923. The third-order valence-electron chi connectivity index (χ3n) is 6.27. The molecule has 0 heterocycles. The van der Waals surface area contributed by atoms with Gasteiger partial charge in [-0.05, 0) is 73.2 Å². The van der Waals surface area contributed by atoms with E-state index in [0.29, 0.717) is 10.8 Å². The Labute approximate surface area is 132 Å². The Balaban J connectivity index is 1.99. The van der Waals surface area contributed by atoms with E-state index in [1.165, 1.54) is 24.8 Å². The third kappa shape index (κ3) is 3.92. The second-order valence-corrected chi connectivity index (χ2v) is 9.74. The molecule has 2 aliphatic carbocycles. The first-order valence-electron chi connectivity index (χ1n) is 8.94. The summed E-state index contributed by atoms with van der Waals surface area (Å²) in [5.74, 6) is 1.54. The zero-order chi connectivity index (χ0) is 15.9. The fraction of sp³-hybridized carbons (Fsp3) is 0.900. The van der Waals surface area contributed by atoms with E-state index < -0.39 is 5.60 Å². The number of rotatable bonds is 1. The van der Waals surface area contributed by atoms with Crippen LogP contribution in [0, 0.1) is 22.7 Å². The molecule has 21 heavy (non-hydrogen) atoms. The number of hydrogen-bond acceptors (Lipinski definition) is 1. The average Bonchev–Trinajstić information content (AvgIpc) is 2.37. The monoisotopic (exact) mass is 292 g/mol. The molecular weight excluding hydrogens is 256 g/mol. The Kier molecular flexibility index (Phi) is 4.65. The molecule has 1 nitrogen and oxygen atoms in total. The zero-order valence-corrected chi connectivity index (χ0v) is 15.1. The summed E-state index contributed by atoms with van der Waals surface area (Å²) in [5.41, 5.74) is 1.66. The standard InChI is InChI=1S/C20H36O/c1-18(2,3)15-7-9-17(10-8-15)20(21)13-11-16(12-14-20)19(4,5)6/h9,15-16,21H,7-8,10-14H2,1-6H3. The molecule has 2 rings (SSSR count). The number of hydrogen-bond donors (Lipinski definition) is 1. The fourth-order valence-electron chi connectivity index (χ4n) is 4.33. The second kappa shape index (κ2) is 5.72. The average molecular weight is 293 g/mol. The van der Waals surface area contributed by atoms with Crippen molar-refractivity contribution in [1.82, 2.24) is 0 Å². The van der Waals surface area contributed by atoms with Crippen LogP contribution in [-0.4, -0.2) is 10.7 Å². The minimum absolute atomic E-state index is 0.388. The highest BCUT2D eigenvalue weighted by Crippen LogP contribution is 2.47. The maximum Gasteiger partial charge on any atom is 0.0857 e. The molecule has 0 aromatic carbocycles. The van der Waals surface area contributed by atoms with Crippen molar-refractivity contribution in [3.63, 3.8) is 0 Å². The van der Waals surface area contributed by atoms with Crippen molar-refractivity contribution in [2.75, 3.05) is 0 Å². The van der Waals surface area contributed by atoms with Gasteiger partial charge < -0.3 is 5.11 Å². The highest BCUT2D eigenvalue weighted by molar-refractivity contribution is 5.21. The van der Waals surface area contributed by atoms with Crippen molar-refractivity contribution in [3.05, 3.63) is 11.6 Å². The lowest BCUT2D eigenvalue weighted by atomic mass is 9.64. The number of allylic oxidation sites excluding steroid dienone is 1. The molecule has 1 saturated carbocycles. The first-order valence-corrected chi connectivity index (χ1v) is 8.94. The summed E-state index contributed by atoms with van der Waals surface area (Å²) in [6, 6.07) is 0. The topological polar surface area (TPSA) is 20.2 Å². The van der Waals surface area contributed by atoms with Crippen molar-refractivity contribution >= 4 is 0 Å². The van der Waals surface area contributed by atoms with Crippen LogP contribution in [-0.2, 0) is 0 Å². The van der Waals surface area contributed by atoms with Crippen LogP contribution in [0.1, 0.15) is 86.5 Å². The maximum absolute atomic E-state index is 11.1. The van der Waals surface area contributed by atoms with Crippen LogP contribution in [0.5, 0.6) is 0 Å². The normalized spacial score (nSPS) is 35.5. The smallest absolute Gasteiger partial charge is 0.0857 e. The van der Waals surface area contributed by atoms with Gasteiger partial charge in [-0.3, -0.25) is 0 Å². The van der Waals surface area contributed by atoms with Crippen LogP contribution in [0.15, 0.2) is 11.6 Å². The minimum Gasteiger partial charge on any atom is -0.386 e. The molecule has 122 valence electrons. The van der Waals surface area contributed by atoms with Crippen LogP contribution in [0.2, 0.25) is 0 Å². The van der Waals surface area contributed by atoms with Gasteiger partial charge >= 0.3 is 0 Å². The molecule has 1 unspecified atom stereocenters. The van der Waals surface area contributed by atoms with Crippen LogP contribution >= 0.6 is 0 Å². The van der Waals surface area contributed by atoms with Crippen molar-refractivity contribution in [1.29, 1.82) is 0 Å². The molecule has 1 heteroatoms. The lowest BCUT2D eigenvalue weighted by Crippen LogP contribution is -2.40. The molecular formula is C20H36O. The largest absolute Gasteiger partial charge is 0.386 e. The molecule has 1 fully saturated rings. The SMILES string of the molecule is CC(C)(C)C1CC=C(C2(O)CCC(C(C)(C)C)CC2)CC1. The van der Waals surface area contributed by atoms with Crippen LogP contribution in [0.3, 0.4) is 0 Å². The summed E-state index contributed by atoms with van der Waals surface area (Å²) in [6.45, 7) is 14.1. The Hall–Kier alpha value is -0.300. The van der Waals surface area contributed by atoms with Gasteiger partial charge in [0, 0.05) is 0 Å². The first kappa shape index (κ1) is 17.1. The third-order valence-corrected chi connectivity index (χ3v) is 6.27. The lowest BCUT2D eigenvalue weighted by Gasteiger charge is -2.44. The predicted molar refractivity (Wildman–Crippen MR) is 91.2 cm³/mol. The summed E-state index contributed by atoms with van der Waals surface area (Å²) in [7, 11) is 0. The van der Waals surface area contributed by atoms with Crippen LogP contribution < -0.4 is 0 Å². The first-order chi connectivity index (χ1) is 9.52. The highest BCUT2D eigenvalue weighted by Gasteiger charge is 2.40. The van der Waals surface area contributed by atoms with Crippen LogP contribution in [0.25, 0.3) is 0 Å². The highest BCUT2D eigenvalue weighted by atomic mass is 16.3. The zero-order valence-electron chi connectivity index (χ0n) is 15.1. The summed E-state index contributed by atoms with van der Waals surface area (Å²) in [5, 5.41) is 11.1. The van der Waals surface area contributed by atoms with E-state index in [4.69, 9.17) is 0 Å². The molecule has 2 aliphatic rings. The van der Waals surface area contributed by atoms with E-state index in [1.54, 1.807) is 0 Å². The molecule has 0 amide bonds. The summed E-state index contributed by atoms with van der Waals surface area (Å²) >= 11 is 0. The quantitative estimate of drug-likeness (QED) is 0.612. The molecule has 0 spiro atoms. The van der Waals surface area contributed by atoms with Gasteiger partial charge in [0.05, 0.1) is 5.60 Å². The van der Waals surface area contributed by atoms with Gasteiger partial charge in [-0.15, -0.1) is 0 Å². The summed E-state index contributed by atoms with van der Waals surface area (Å²) < 4.78 is 0. The van der Waals surface area contributed by atoms with Gasteiger partial charge in [0.25, 0.3) is 0 Å². The van der Waals surface area contributed by atoms with Gasteiger partial charge in [-0.1, -0.05) is 47.6 Å². The van der Waals surface area contributed by atoms with E-state index in [0.717, 1.165) is 37.5 Å². The van der Waals surface area contributed by atoms with E-state index in [2.05, 4.69) is 47.6 Å². The van der Waals surface area contributed by atoms with Crippen LogP contribution in [0.4, 0.5) is 0 Å². The van der Waals surface area contributed by atoms with Crippen molar-refractivity contribution in [2.45, 2.75) is 92.1 Å². The van der Waals surface area contributed by atoms with E-state index in [1.807, 2.05) is 0 Å². The summed E-state index contributed by atoms with van der Waals surface area (Å²) in [4.78, 5) is 0. The van der Waals surface area contributed by atoms with E-state index in [9.17, 15) is 5.11 Å². The molecule has 0 aromatic heterocycles. The van der Waals surface area contributed by atoms with Gasteiger partial charge in [0.2, 0.25) is 0 Å². The fourth-order valence-corrected chi connectivity index (χ4v) is 4.33. The van der Waals surface area contributed by atoms with Crippen molar-refractivity contribution in [2.24, 2.45) is 22.7 Å². The Bertz CT molecular complexity index is 383. The molecule has 0 aliphatic heterocycles. The number of aliphatic hydroxyl groups is 1. The Morgan fingerprint density at radius 2 is 1.43 bits per heavy atom. The Morgan fingerprint density at radius 1 is 0.905 bits per heavy atom. The van der Waals surface area contributed by atoms with Gasteiger partial charge in [0.1, 0.15) is 0 Å². The van der Waals surface area contributed by atoms with Gasteiger partial charge in [-0.2, -0.15) is 0 Å². The van der Waals surface area contributed by atoms with E-state index in [-0.39, 0.29) is 0 Å². The summed E-state index contributed by atoms with van der Waals surface area (Å²) in [6.07, 6.45) is 10.2. The maximum atomic E-state index is 11.1.